The maximum Gasteiger partial charge on any atom is 0.195 e. The molecule has 8 heteroatoms. The second kappa shape index (κ2) is 7.32. The lowest BCUT2D eigenvalue weighted by molar-refractivity contribution is 0.507. The Kier molecular flexibility index (Phi) is 5.20. The third-order valence-corrected chi connectivity index (χ3v) is 4.86. The second-order valence-corrected chi connectivity index (χ2v) is 6.59. The topological polar surface area (TPSA) is 67.2 Å². The smallest absolute Gasteiger partial charge is 0.195 e. The van der Waals surface area contributed by atoms with E-state index in [0.29, 0.717) is 0 Å². The van der Waals surface area contributed by atoms with Crippen LogP contribution >= 0.6 is 24.4 Å². The van der Waals surface area contributed by atoms with Crippen molar-refractivity contribution < 1.29 is 0 Å². The van der Waals surface area contributed by atoms with Gasteiger partial charge in [-0.3, -0.25) is 10.2 Å². The van der Waals surface area contributed by atoms with Crippen LogP contribution in [0.2, 0.25) is 0 Å². The molecule has 2 aromatic rings. The number of hydrogen-bond acceptors (Lipinski definition) is 4. The van der Waals surface area contributed by atoms with Crippen LogP contribution in [0.4, 0.5) is 0 Å². The molecule has 3 rings (SSSR count). The average molecular weight is 339 g/mol. The molecule has 2 aromatic heterocycles. The van der Waals surface area contributed by atoms with Crippen LogP contribution in [0.1, 0.15) is 50.2 Å². The molecule has 1 aliphatic rings. The number of aromatic nitrogens is 6. The highest BCUT2D eigenvalue weighted by Crippen LogP contribution is 2.12. The molecule has 0 saturated heterocycles. The lowest BCUT2D eigenvalue weighted by Gasteiger charge is -2.10. The molecule has 0 unspecified atom stereocenters. The van der Waals surface area contributed by atoms with E-state index < -0.39 is 0 Å². The van der Waals surface area contributed by atoms with Gasteiger partial charge in [-0.05, 0) is 56.5 Å². The van der Waals surface area contributed by atoms with Crippen LogP contribution in [0.25, 0.3) is 0 Å². The summed E-state index contributed by atoms with van der Waals surface area (Å²) in [6.45, 7) is 1.91. The number of H-pyrrole nitrogens is 2. The minimum absolute atomic E-state index is 0.751. The minimum atomic E-state index is 0.751. The van der Waals surface area contributed by atoms with Crippen molar-refractivity contribution >= 4 is 24.4 Å². The Labute approximate surface area is 140 Å². The van der Waals surface area contributed by atoms with E-state index in [1.807, 2.05) is 0 Å². The van der Waals surface area contributed by atoms with Crippen molar-refractivity contribution in [1.82, 2.24) is 29.5 Å². The summed E-state index contributed by atoms with van der Waals surface area (Å²) in [5, 5.41) is 14.6. The van der Waals surface area contributed by atoms with Gasteiger partial charge in [0, 0.05) is 25.9 Å². The molecule has 0 aliphatic carbocycles. The summed E-state index contributed by atoms with van der Waals surface area (Å²) in [6, 6.07) is 0. The highest BCUT2D eigenvalue weighted by atomic mass is 32.1. The molecule has 0 atom stereocenters. The van der Waals surface area contributed by atoms with Crippen molar-refractivity contribution in [3.8, 4) is 0 Å². The monoisotopic (exact) mass is 338 g/mol. The summed E-state index contributed by atoms with van der Waals surface area (Å²) in [5.74, 6) is 2.20. The SMILES string of the molecule is S=c1[nH]nc2n1CCCCCn1c(n[nH]c1=S)CCCCC2. The molecule has 0 radical (unpaired) electrons. The summed E-state index contributed by atoms with van der Waals surface area (Å²) < 4.78 is 5.83. The van der Waals surface area contributed by atoms with E-state index in [1.165, 1.54) is 6.42 Å². The molecular weight excluding hydrogens is 316 g/mol. The van der Waals surface area contributed by atoms with Crippen molar-refractivity contribution in [3.63, 3.8) is 0 Å². The highest BCUT2D eigenvalue weighted by Gasteiger charge is 2.09. The Morgan fingerprint density at radius 3 is 1.64 bits per heavy atom. The number of fused-ring (bicyclic) bond motifs is 2. The Morgan fingerprint density at radius 2 is 1.14 bits per heavy atom. The predicted molar refractivity (Wildman–Crippen MR) is 89.9 cm³/mol. The van der Waals surface area contributed by atoms with Gasteiger partial charge in [-0.2, -0.15) is 10.2 Å². The van der Waals surface area contributed by atoms with E-state index in [2.05, 4.69) is 29.5 Å². The van der Waals surface area contributed by atoms with Crippen molar-refractivity contribution in [3.05, 3.63) is 21.2 Å². The van der Waals surface area contributed by atoms with Gasteiger partial charge < -0.3 is 9.13 Å². The van der Waals surface area contributed by atoms with Crippen molar-refractivity contribution in [2.75, 3.05) is 0 Å². The molecular formula is C14H22N6S2. The molecule has 0 amide bonds. The maximum absolute atomic E-state index is 5.34. The molecule has 0 bridgehead atoms. The number of nitrogens with zero attached hydrogens (tertiary/aromatic N) is 4. The summed E-state index contributed by atoms with van der Waals surface area (Å²) in [6.07, 6.45) is 8.77. The van der Waals surface area contributed by atoms with E-state index in [0.717, 1.165) is 79.2 Å². The quantitative estimate of drug-likeness (QED) is 0.723. The molecule has 0 saturated carbocycles. The van der Waals surface area contributed by atoms with Gasteiger partial charge in [-0.1, -0.05) is 6.42 Å². The first-order valence-electron chi connectivity index (χ1n) is 8.04. The fourth-order valence-corrected chi connectivity index (χ4v) is 3.49. The first kappa shape index (κ1) is 15.6. The van der Waals surface area contributed by atoms with E-state index in [9.17, 15) is 0 Å². The Balaban J connectivity index is 1.71. The standard InChI is InChI=1S/C14H22N6S2/c21-13-17-15-11-7-3-1-4-8-12-16-18-14(22)20(12)10-6-2-5-9-19(11)13/h1-10H2,(H,17,21)(H,18,22). The van der Waals surface area contributed by atoms with Crippen LogP contribution < -0.4 is 0 Å². The van der Waals surface area contributed by atoms with Crippen LogP contribution in [0, 0.1) is 9.54 Å². The van der Waals surface area contributed by atoms with E-state index in [4.69, 9.17) is 24.4 Å². The van der Waals surface area contributed by atoms with Gasteiger partial charge in [0.2, 0.25) is 0 Å². The first-order chi connectivity index (χ1) is 10.8. The zero-order valence-electron chi connectivity index (χ0n) is 12.7. The summed E-state index contributed by atoms with van der Waals surface area (Å²) in [4.78, 5) is 0. The molecule has 0 fully saturated rings. The van der Waals surface area contributed by atoms with E-state index >= 15 is 0 Å². The minimum Gasteiger partial charge on any atom is -0.304 e. The summed E-state index contributed by atoms with van der Waals surface area (Å²) in [5.41, 5.74) is 0. The molecule has 3 heterocycles. The van der Waals surface area contributed by atoms with Gasteiger partial charge >= 0.3 is 0 Å². The third kappa shape index (κ3) is 3.55. The number of aromatic amines is 2. The van der Waals surface area contributed by atoms with Gasteiger partial charge in [0.1, 0.15) is 11.6 Å². The van der Waals surface area contributed by atoms with Gasteiger partial charge in [0.15, 0.2) is 9.54 Å². The lowest BCUT2D eigenvalue weighted by Crippen LogP contribution is -2.08. The first-order valence-corrected chi connectivity index (χ1v) is 8.85. The lowest BCUT2D eigenvalue weighted by atomic mass is 10.1. The zero-order valence-corrected chi connectivity index (χ0v) is 14.3. The van der Waals surface area contributed by atoms with Crippen LogP contribution in [0.5, 0.6) is 0 Å². The maximum atomic E-state index is 5.34. The fraction of sp³-hybridized carbons (Fsp3) is 0.714. The second-order valence-electron chi connectivity index (χ2n) is 5.81. The number of aryl methyl sites for hydroxylation is 2. The largest absolute Gasteiger partial charge is 0.304 e. The van der Waals surface area contributed by atoms with Crippen LogP contribution in [0.15, 0.2) is 0 Å². The van der Waals surface area contributed by atoms with Gasteiger partial charge in [0.25, 0.3) is 0 Å². The highest BCUT2D eigenvalue weighted by molar-refractivity contribution is 7.71. The third-order valence-electron chi connectivity index (χ3n) is 4.24. The number of hydrogen-bond donors (Lipinski definition) is 2. The van der Waals surface area contributed by atoms with Gasteiger partial charge in [-0.15, -0.1) is 0 Å². The molecule has 6 nitrogen and oxygen atoms in total. The van der Waals surface area contributed by atoms with E-state index in [1.54, 1.807) is 0 Å². The fourth-order valence-electron chi connectivity index (χ4n) is 3.00. The molecule has 1 aliphatic heterocycles. The van der Waals surface area contributed by atoms with Crippen molar-refractivity contribution in [2.24, 2.45) is 0 Å². The molecule has 0 spiro atoms. The van der Waals surface area contributed by atoms with Crippen LogP contribution in [0.3, 0.4) is 0 Å². The number of nitrogens with one attached hydrogen (secondary N) is 2. The Bertz CT molecular complexity index is 662. The molecule has 0 aromatic carbocycles. The summed E-state index contributed by atoms with van der Waals surface area (Å²) in [7, 11) is 0. The Hall–Kier alpha value is -1.28. The van der Waals surface area contributed by atoms with Crippen molar-refractivity contribution in [2.45, 2.75) is 64.5 Å². The van der Waals surface area contributed by atoms with Crippen LogP contribution in [-0.2, 0) is 25.9 Å². The normalized spacial score (nSPS) is 17.5. The predicted octanol–water partition coefficient (Wildman–Crippen LogP) is 3.33. The summed E-state index contributed by atoms with van der Waals surface area (Å²) >= 11 is 10.7. The Morgan fingerprint density at radius 1 is 0.682 bits per heavy atom. The van der Waals surface area contributed by atoms with Crippen molar-refractivity contribution in [1.29, 1.82) is 0 Å². The zero-order chi connectivity index (χ0) is 15.4. The molecule has 2 N–H and O–H groups in total. The van der Waals surface area contributed by atoms with Gasteiger partial charge in [-0.25, -0.2) is 0 Å². The molecule has 120 valence electrons. The molecule has 22 heavy (non-hydrogen) atoms. The average Bonchev–Trinajstić information content (AvgIpc) is 3.03. The van der Waals surface area contributed by atoms with Crippen LogP contribution in [-0.4, -0.2) is 29.5 Å². The number of rotatable bonds is 0. The van der Waals surface area contributed by atoms with Gasteiger partial charge in [0.05, 0.1) is 0 Å². The van der Waals surface area contributed by atoms with E-state index in [-0.39, 0.29) is 0 Å².